The van der Waals surface area contributed by atoms with Gasteiger partial charge in [0.15, 0.2) is 0 Å². The number of hydrogen-bond acceptors (Lipinski definition) is 3. The summed E-state index contributed by atoms with van der Waals surface area (Å²) in [6.07, 6.45) is 5.65. The smallest absolute Gasteiger partial charge is 0.0588 e. The van der Waals surface area contributed by atoms with Crippen LogP contribution in [0.5, 0.6) is 0 Å². The lowest BCUT2D eigenvalue weighted by atomic mass is 10.0. The Morgan fingerprint density at radius 2 is 2.31 bits per heavy atom. The van der Waals surface area contributed by atoms with Crippen molar-refractivity contribution in [2.45, 2.75) is 57.7 Å². The number of ether oxygens (including phenoxy) is 1. The molecule has 0 aliphatic carbocycles. The fraction of sp³-hybridized carbons (Fsp3) is 1.00. The third kappa shape index (κ3) is 3.44. The molecule has 4 unspecified atom stereocenters. The van der Waals surface area contributed by atoms with Gasteiger partial charge >= 0.3 is 0 Å². The minimum Gasteiger partial charge on any atom is -0.378 e. The molecule has 3 heteroatoms. The summed E-state index contributed by atoms with van der Waals surface area (Å²) in [7, 11) is 0. The third-order valence-electron chi connectivity index (χ3n) is 4.06. The third-order valence-corrected chi connectivity index (χ3v) is 4.06. The van der Waals surface area contributed by atoms with Crippen molar-refractivity contribution in [1.82, 2.24) is 10.6 Å². The molecule has 2 aliphatic heterocycles. The van der Waals surface area contributed by atoms with Gasteiger partial charge in [0.2, 0.25) is 0 Å². The van der Waals surface area contributed by atoms with E-state index in [1.54, 1.807) is 0 Å². The standard InChI is InChI=1S/C13H26N2O/c1-10(8-13-4-3-6-14-13)15-9-12-5-7-16-11(12)2/h10-15H,3-9H2,1-2H3. The molecule has 0 saturated carbocycles. The number of nitrogens with one attached hydrogen (secondary N) is 2. The predicted molar refractivity (Wildman–Crippen MR) is 66.6 cm³/mol. The molecule has 2 aliphatic rings. The van der Waals surface area contributed by atoms with E-state index in [0.717, 1.165) is 25.1 Å². The highest BCUT2D eigenvalue weighted by Crippen LogP contribution is 2.19. The second kappa shape index (κ2) is 5.99. The molecule has 0 aromatic rings. The average Bonchev–Trinajstić information content (AvgIpc) is 2.87. The van der Waals surface area contributed by atoms with Crippen LogP contribution in [-0.2, 0) is 4.74 Å². The molecule has 3 nitrogen and oxygen atoms in total. The van der Waals surface area contributed by atoms with Crippen molar-refractivity contribution in [2.75, 3.05) is 19.7 Å². The molecule has 0 radical (unpaired) electrons. The van der Waals surface area contributed by atoms with E-state index < -0.39 is 0 Å². The van der Waals surface area contributed by atoms with Crippen LogP contribution in [-0.4, -0.2) is 37.9 Å². The lowest BCUT2D eigenvalue weighted by molar-refractivity contribution is 0.105. The Morgan fingerprint density at radius 1 is 1.44 bits per heavy atom. The van der Waals surface area contributed by atoms with Crippen LogP contribution in [0, 0.1) is 5.92 Å². The Hall–Kier alpha value is -0.120. The van der Waals surface area contributed by atoms with E-state index in [2.05, 4.69) is 24.5 Å². The summed E-state index contributed by atoms with van der Waals surface area (Å²) in [6.45, 7) is 7.79. The molecule has 2 saturated heterocycles. The van der Waals surface area contributed by atoms with Crippen LogP contribution < -0.4 is 10.6 Å². The molecule has 0 spiro atoms. The Kier molecular flexibility index (Phi) is 4.62. The van der Waals surface area contributed by atoms with Crippen LogP contribution in [0.15, 0.2) is 0 Å². The molecule has 94 valence electrons. The molecule has 2 heterocycles. The second-order valence-electron chi connectivity index (χ2n) is 5.46. The predicted octanol–water partition coefficient (Wildman–Crippen LogP) is 1.53. The van der Waals surface area contributed by atoms with E-state index in [-0.39, 0.29) is 0 Å². The van der Waals surface area contributed by atoms with Crippen molar-refractivity contribution in [3.05, 3.63) is 0 Å². The van der Waals surface area contributed by atoms with Gasteiger partial charge in [-0.2, -0.15) is 0 Å². The highest BCUT2D eigenvalue weighted by atomic mass is 16.5. The highest BCUT2D eigenvalue weighted by Gasteiger charge is 2.24. The Balaban J connectivity index is 1.61. The van der Waals surface area contributed by atoms with Crippen molar-refractivity contribution in [1.29, 1.82) is 0 Å². The Morgan fingerprint density at radius 3 is 2.94 bits per heavy atom. The van der Waals surface area contributed by atoms with Gasteiger partial charge in [0.1, 0.15) is 0 Å². The molecule has 2 rings (SSSR count). The normalized spacial score (nSPS) is 36.8. The van der Waals surface area contributed by atoms with Crippen LogP contribution in [0.1, 0.15) is 39.5 Å². The van der Waals surface area contributed by atoms with Crippen LogP contribution in [0.3, 0.4) is 0 Å². The first-order chi connectivity index (χ1) is 7.75. The summed E-state index contributed by atoms with van der Waals surface area (Å²) in [4.78, 5) is 0. The van der Waals surface area contributed by atoms with Crippen molar-refractivity contribution in [3.63, 3.8) is 0 Å². The first-order valence-electron chi connectivity index (χ1n) is 6.84. The number of rotatable bonds is 5. The SMILES string of the molecule is CC(CC1CCCN1)NCC1CCOC1C. The van der Waals surface area contributed by atoms with Gasteiger partial charge in [-0.15, -0.1) is 0 Å². The van der Waals surface area contributed by atoms with Crippen LogP contribution in [0.2, 0.25) is 0 Å². The van der Waals surface area contributed by atoms with Gasteiger partial charge in [-0.3, -0.25) is 0 Å². The molecule has 2 fully saturated rings. The minimum atomic E-state index is 0.448. The van der Waals surface area contributed by atoms with E-state index in [4.69, 9.17) is 4.74 Å². The zero-order valence-electron chi connectivity index (χ0n) is 10.7. The largest absolute Gasteiger partial charge is 0.378 e. The maximum absolute atomic E-state index is 5.58. The van der Waals surface area contributed by atoms with Gasteiger partial charge < -0.3 is 15.4 Å². The van der Waals surface area contributed by atoms with Crippen molar-refractivity contribution >= 4 is 0 Å². The Bertz CT molecular complexity index is 204. The summed E-state index contributed by atoms with van der Waals surface area (Å²) in [5.41, 5.74) is 0. The molecule has 4 atom stereocenters. The molecule has 16 heavy (non-hydrogen) atoms. The minimum absolute atomic E-state index is 0.448. The second-order valence-corrected chi connectivity index (χ2v) is 5.46. The number of hydrogen-bond donors (Lipinski definition) is 2. The summed E-state index contributed by atoms with van der Waals surface area (Å²) in [5.74, 6) is 0.721. The van der Waals surface area contributed by atoms with Gasteiger partial charge in [0.05, 0.1) is 6.10 Å². The fourth-order valence-electron chi connectivity index (χ4n) is 2.86. The zero-order chi connectivity index (χ0) is 11.4. The fourth-order valence-corrected chi connectivity index (χ4v) is 2.86. The van der Waals surface area contributed by atoms with Crippen LogP contribution in [0.4, 0.5) is 0 Å². The molecule has 0 aromatic heterocycles. The quantitative estimate of drug-likeness (QED) is 0.746. The maximum Gasteiger partial charge on any atom is 0.0588 e. The van der Waals surface area contributed by atoms with Crippen LogP contribution in [0.25, 0.3) is 0 Å². The first kappa shape index (κ1) is 12.3. The lowest BCUT2D eigenvalue weighted by Gasteiger charge is -2.21. The molecule has 0 amide bonds. The summed E-state index contributed by atoms with van der Waals surface area (Å²) < 4.78 is 5.58. The van der Waals surface area contributed by atoms with Crippen LogP contribution >= 0.6 is 0 Å². The molecule has 0 bridgehead atoms. The van der Waals surface area contributed by atoms with Crippen molar-refractivity contribution in [3.8, 4) is 0 Å². The van der Waals surface area contributed by atoms with E-state index in [1.165, 1.54) is 32.2 Å². The topological polar surface area (TPSA) is 33.3 Å². The van der Waals surface area contributed by atoms with Gasteiger partial charge in [0.25, 0.3) is 0 Å². The lowest BCUT2D eigenvalue weighted by Crippen LogP contribution is -2.37. The molecule has 2 N–H and O–H groups in total. The summed E-state index contributed by atoms with van der Waals surface area (Å²) >= 11 is 0. The van der Waals surface area contributed by atoms with Gasteiger partial charge in [-0.05, 0) is 52.0 Å². The van der Waals surface area contributed by atoms with Gasteiger partial charge in [0, 0.05) is 25.2 Å². The van der Waals surface area contributed by atoms with E-state index in [1.807, 2.05) is 0 Å². The summed E-state index contributed by atoms with van der Waals surface area (Å²) in [6, 6.07) is 1.38. The van der Waals surface area contributed by atoms with Gasteiger partial charge in [-0.1, -0.05) is 0 Å². The maximum atomic E-state index is 5.58. The van der Waals surface area contributed by atoms with Crippen molar-refractivity contribution < 1.29 is 4.74 Å². The first-order valence-corrected chi connectivity index (χ1v) is 6.84. The molecule has 0 aromatic carbocycles. The summed E-state index contributed by atoms with van der Waals surface area (Å²) in [5, 5.41) is 7.22. The van der Waals surface area contributed by atoms with Gasteiger partial charge in [-0.25, -0.2) is 0 Å². The van der Waals surface area contributed by atoms with Crippen molar-refractivity contribution in [2.24, 2.45) is 5.92 Å². The van der Waals surface area contributed by atoms with E-state index >= 15 is 0 Å². The average molecular weight is 226 g/mol. The van der Waals surface area contributed by atoms with E-state index in [0.29, 0.717) is 12.1 Å². The van der Waals surface area contributed by atoms with E-state index in [9.17, 15) is 0 Å². The zero-order valence-corrected chi connectivity index (χ0v) is 10.7. The Labute approximate surface area is 99.3 Å². The molecular weight excluding hydrogens is 200 g/mol. The molecular formula is C13H26N2O. The monoisotopic (exact) mass is 226 g/mol. The highest BCUT2D eigenvalue weighted by molar-refractivity contribution is 4.80.